The number of hydrogen-bond donors (Lipinski definition) is 2. The number of sulfonamides is 1. The highest BCUT2D eigenvalue weighted by Gasteiger charge is 2.19. The smallest absolute Gasteiger partial charge is 0.237 e. The lowest BCUT2D eigenvalue weighted by Crippen LogP contribution is -2.46. The predicted molar refractivity (Wildman–Crippen MR) is 74.2 cm³/mol. The van der Waals surface area contributed by atoms with E-state index in [0.29, 0.717) is 31.2 Å². The van der Waals surface area contributed by atoms with Crippen molar-refractivity contribution >= 4 is 27.5 Å². The molecule has 0 heterocycles. The number of amides is 1. The molecule has 1 amide bonds. The molecule has 18 heavy (non-hydrogen) atoms. The first-order valence-electron chi connectivity index (χ1n) is 6.12. The molecular formula is C11H23ClN2O3S. The second-order valence-electron chi connectivity index (χ2n) is 4.69. The average molecular weight is 299 g/mol. The second kappa shape index (κ2) is 8.72. The molecule has 7 heteroatoms. The van der Waals surface area contributed by atoms with Crippen molar-refractivity contribution in [2.45, 2.75) is 39.7 Å². The fourth-order valence-electron chi connectivity index (χ4n) is 1.23. The second-order valence-corrected chi connectivity index (χ2v) is 6.94. The molecule has 0 saturated heterocycles. The third-order valence-electron chi connectivity index (χ3n) is 2.23. The van der Waals surface area contributed by atoms with E-state index in [0.717, 1.165) is 0 Å². The Labute approximate surface area is 115 Å². The molecule has 0 rings (SSSR count). The van der Waals surface area contributed by atoms with Crippen molar-refractivity contribution in [3.8, 4) is 0 Å². The van der Waals surface area contributed by atoms with Gasteiger partial charge in [0.15, 0.2) is 0 Å². The van der Waals surface area contributed by atoms with Crippen LogP contribution in [-0.4, -0.2) is 38.5 Å². The summed E-state index contributed by atoms with van der Waals surface area (Å²) >= 11 is 5.48. The van der Waals surface area contributed by atoms with Crippen LogP contribution in [0.1, 0.15) is 33.6 Å². The Hall–Kier alpha value is -0.330. The zero-order chi connectivity index (χ0) is 14.2. The Balaban J connectivity index is 4.12. The third-order valence-corrected chi connectivity index (χ3v) is 4.04. The van der Waals surface area contributed by atoms with Gasteiger partial charge in [0.05, 0.1) is 11.8 Å². The molecule has 0 fully saturated rings. The number of hydrogen-bond acceptors (Lipinski definition) is 3. The Morgan fingerprint density at radius 2 is 1.83 bits per heavy atom. The number of halogens is 1. The molecule has 5 nitrogen and oxygen atoms in total. The van der Waals surface area contributed by atoms with Crippen LogP contribution in [0.2, 0.25) is 0 Å². The van der Waals surface area contributed by atoms with Crippen molar-refractivity contribution < 1.29 is 13.2 Å². The molecule has 1 atom stereocenters. The molecule has 1 unspecified atom stereocenters. The lowest BCUT2D eigenvalue weighted by molar-refractivity contribution is -0.122. The van der Waals surface area contributed by atoms with Gasteiger partial charge in [-0.25, -0.2) is 13.1 Å². The van der Waals surface area contributed by atoms with Gasteiger partial charge < -0.3 is 5.32 Å². The molecule has 0 saturated carbocycles. The molecule has 108 valence electrons. The Bertz CT molecular complexity index is 344. The van der Waals surface area contributed by atoms with Crippen LogP contribution in [0.15, 0.2) is 0 Å². The van der Waals surface area contributed by atoms with Crippen molar-refractivity contribution in [2.75, 3.05) is 18.2 Å². The maximum absolute atomic E-state index is 11.6. The van der Waals surface area contributed by atoms with E-state index in [9.17, 15) is 13.2 Å². The van der Waals surface area contributed by atoms with Crippen molar-refractivity contribution in [1.29, 1.82) is 0 Å². The molecule has 0 aliphatic rings. The maximum Gasteiger partial charge on any atom is 0.237 e. The van der Waals surface area contributed by atoms with Gasteiger partial charge in [0.2, 0.25) is 15.9 Å². The zero-order valence-corrected chi connectivity index (χ0v) is 12.8. The summed E-state index contributed by atoms with van der Waals surface area (Å²) in [6, 6.07) is -0.746. The van der Waals surface area contributed by atoms with Crippen LogP contribution < -0.4 is 10.0 Å². The summed E-state index contributed by atoms with van der Waals surface area (Å²) in [5.41, 5.74) is 0. The molecule has 0 radical (unpaired) electrons. The normalized spacial score (nSPS) is 13.6. The molecule has 0 aromatic carbocycles. The molecule has 0 aromatic rings. The van der Waals surface area contributed by atoms with Crippen LogP contribution in [-0.2, 0) is 14.8 Å². The lowest BCUT2D eigenvalue weighted by atomic mass is 10.2. The molecular weight excluding hydrogens is 276 g/mol. The predicted octanol–water partition coefficient (Wildman–Crippen LogP) is 1.09. The monoisotopic (exact) mass is 298 g/mol. The van der Waals surface area contributed by atoms with Crippen LogP contribution in [0.25, 0.3) is 0 Å². The largest absolute Gasteiger partial charge is 0.354 e. The van der Waals surface area contributed by atoms with Crippen LogP contribution in [0.3, 0.4) is 0 Å². The van der Waals surface area contributed by atoms with Crippen molar-refractivity contribution in [3.63, 3.8) is 0 Å². The Kier molecular flexibility index (Phi) is 8.56. The van der Waals surface area contributed by atoms with Crippen molar-refractivity contribution in [3.05, 3.63) is 0 Å². The summed E-state index contributed by atoms with van der Waals surface area (Å²) in [4.78, 5) is 11.6. The summed E-state index contributed by atoms with van der Waals surface area (Å²) < 4.78 is 25.6. The van der Waals surface area contributed by atoms with Gasteiger partial charge in [-0.05, 0) is 25.7 Å². The SMILES string of the molecule is CC(C)CNC(=O)C(C)NS(=O)(=O)CCCCCl. The van der Waals surface area contributed by atoms with E-state index in [1.165, 1.54) is 6.92 Å². The quantitative estimate of drug-likeness (QED) is 0.494. The molecule has 2 N–H and O–H groups in total. The minimum absolute atomic E-state index is 0.00151. The van der Waals surface area contributed by atoms with E-state index in [2.05, 4.69) is 10.0 Å². The maximum atomic E-state index is 11.6. The average Bonchev–Trinajstić information content (AvgIpc) is 2.25. The van der Waals surface area contributed by atoms with E-state index in [1.807, 2.05) is 13.8 Å². The lowest BCUT2D eigenvalue weighted by Gasteiger charge is -2.15. The highest BCUT2D eigenvalue weighted by molar-refractivity contribution is 7.89. The first-order valence-corrected chi connectivity index (χ1v) is 8.31. The first kappa shape index (κ1) is 17.7. The zero-order valence-electron chi connectivity index (χ0n) is 11.2. The summed E-state index contributed by atoms with van der Waals surface area (Å²) in [5.74, 6) is 0.479. The van der Waals surface area contributed by atoms with E-state index >= 15 is 0 Å². The topological polar surface area (TPSA) is 75.3 Å². The summed E-state index contributed by atoms with van der Waals surface area (Å²) in [6.07, 6.45) is 1.15. The molecule has 0 aromatic heterocycles. The van der Waals surface area contributed by atoms with Gasteiger partial charge in [-0.3, -0.25) is 4.79 Å². The fraction of sp³-hybridized carbons (Fsp3) is 0.909. The number of alkyl halides is 1. The van der Waals surface area contributed by atoms with Gasteiger partial charge >= 0.3 is 0 Å². The van der Waals surface area contributed by atoms with Crippen LogP contribution in [0.4, 0.5) is 0 Å². The van der Waals surface area contributed by atoms with Crippen molar-refractivity contribution in [1.82, 2.24) is 10.0 Å². The van der Waals surface area contributed by atoms with Gasteiger partial charge in [-0.1, -0.05) is 13.8 Å². The summed E-state index contributed by atoms with van der Waals surface area (Å²) in [7, 11) is -3.41. The van der Waals surface area contributed by atoms with E-state index in [-0.39, 0.29) is 11.7 Å². The first-order chi connectivity index (χ1) is 8.28. The molecule has 0 aliphatic carbocycles. The number of carbonyl (C=O) groups is 1. The van der Waals surface area contributed by atoms with E-state index in [1.54, 1.807) is 0 Å². The van der Waals surface area contributed by atoms with Gasteiger partial charge in [0.1, 0.15) is 0 Å². The molecule has 0 bridgehead atoms. The highest BCUT2D eigenvalue weighted by atomic mass is 35.5. The van der Waals surface area contributed by atoms with E-state index < -0.39 is 16.1 Å². The van der Waals surface area contributed by atoms with Gasteiger partial charge in [0.25, 0.3) is 0 Å². The van der Waals surface area contributed by atoms with E-state index in [4.69, 9.17) is 11.6 Å². The van der Waals surface area contributed by atoms with Crippen LogP contribution in [0.5, 0.6) is 0 Å². The number of nitrogens with one attached hydrogen (secondary N) is 2. The number of rotatable bonds is 9. The summed E-state index contributed by atoms with van der Waals surface area (Å²) in [5, 5.41) is 2.68. The molecule has 0 aliphatic heterocycles. The van der Waals surface area contributed by atoms with Gasteiger partial charge in [-0.2, -0.15) is 0 Å². The fourth-order valence-corrected chi connectivity index (χ4v) is 2.76. The molecule has 0 spiro atoms. The number of unbranched alkanes of at least 4 members (excludes halogenated alkanes) is 1. The minimum Gasteiger partial charge on any atom is -0.354 e. The standard InChI is InChI=1S/C11H23ClN2O3S/c1-9(2)8-13-11(15)10(3)14-18(16,17)7-5-4-6-12/h9-10,14H,4-8H2,1-3H3,(H,13,15). The van der Waals surface area contributed by atoms with Crippen molar-refractivity contribution in [2.24, 2.45) is 5.92 Å². The highest BCUT2D eigenvalue weighted by Crippen LogP contribution is 1.98. The Morgan fingerprint density at radius 1 is 1.22 bits per heavy atom. The van der Waals surface area contributed by atoms with Gasteiger partial charge in [0, 0.05) is 12.4 Å². The minimum atomic E-state index is -3.41. The third kappa shape index (κ3) is 8.72. The van der Waals surface area contributed by atoms with Gasteiger partial charge in [-0.15, -0.1) is 11.6 Å². The Morgan fingerprint density at radius 3 is 2.33 bits per heavy atom. The van der Waals surface area contributed by atoms with Crippen LogP contribution >= 0.6 is 11.6 Å². The number of carbonyl (C=O) groups excluding carboxylic acids is 1. The summed E-state index contributed by atoms with van der Waals surface area (Å²) in [6.45, 7) is 6.02. The van der Waals surface area contributed by atoms with Crippen LogP contribution in [0, 0.1) is 5.92 Å².